The van der Waals surface area contributed by atoms with Crippen LogP contribution >= 0.6 is 0 Å². The molecule has 1 aliphatic heterocycles. The van der Waals surface area contributed by atoms with Gasteiger partial charge in [0.15, 0.2) is 0 Å². The van der Waals surface area contributed by atoms with E-state index in [0.29, 0.717) is 12.0 Å². The number of carbonyl (C=O) groups excluding carboxylic acids is 1. The topological polar surface area (TPSA) is 38.3 Å². The Hall–Kier alpha value is -1.72. The largest absolute Gasteiger partial charge is 0.449 e. The Bertz CT molecular complexity index is 473. The van der Waals surface area contributed by atoms with Gasteiger partial charge in [0.25, 0.3) is 0 Å². The van der Waals surface area contributed by atoms with Crippen molar-refractivity contribution in [2.24, 2.45) is 0 Å². The van der Waals surface area contributed by atoms with Crippen LogP contribution in [0.2, 0.25) is 0 Å². The van der Waals surface area contributed by atoms with E-state index in [9.17, 15) is 18.0 Å². The summed E-state index contributed by atoms with van der Waals surface area (Å²) in [6.45, 7) is 1.88. The molecule has 0 saturated carbocycles. The van der Waals surface area contributed by atoms with Crippen LogP contribution in [0.3, 0.4) is 0 Å². The Morgan fingerprint density at radius 1 is 1.39 bits per heavy atom. The molecule has 0 aliphatic carbocycles. The van der Waals surface area contributed by atoms with Crippen LogP contribution in [0.1, 0.15) is 24.5 Å². The van der Waals surface area contributed by atoms with Gasteiger partial charge in [0, 0.05) is 6.42 Å². The van der Waals surface area contributed by atoms with E-state index in [4.69, 9.17) is 4.74 Å². The van der Waals surface area contributed by atoms with E-state index in [1.807, 2.05) is 0 Å². The van der Waals surface area contributed by atoms with Crippen LogP contribution in [-0.4, -0.2) is 12.7 Å². The molecule has 0 spiro atoms. The molecule has 2 rings (SSSR count). The summed E-state index contributed by atoms with van der Waals surface area (Å²) in [5.41, 5.74) is -1.12. The van der Waals surface area contributed by atoms with Gasteiger partial charge in [-0.1, -0.05) is 12.1 Å². The van der Waals surface area contributed by atoms with Crippen LogP contribution in [0.5, 0.6) is 0 Å². The lowest BCUT2D eigenvalue weighted by Gasteiger charge is -2.34. The molecule has 1 fully saturated rings. The number of alkyl halides is 3. The summed E-state index contributed by atoms with van der Waals surface area (Å²) < 4.78 is 42.6. The number of carbonyl (C=O) groups is 1. The zero-order chi connectivity index (χ0) is 13.4. The van der Waals surface area contributed by atoms with Gasteiger partial charge in [-0.2, -0.15) is 13.2 Å². The molecule has 0 radical (unpaired) electrons. The summed E-state index contributed by atoms with van der Waals surface area (Å²) >= 11 is 0. The van der Waals surface area contributed by atoms with Gasteiger partial charge in [0.1, 0.15) is 0 Å². The Kier molecular flexibility index (Phi) is 2.96. The first-order valence-electron chi connectivity index (χ1n) is 5.44. The number of benzene rings is 1. The minimum atomic E-state index is -4.39. The van der Waals surface area contributed by atoms with Crippen molar-refractivity contribution in [2.45, 2.75) is 25.1 Å². The van der Waals surface area contributed by atoms with Gasteiger partial charge >= 0.3 is 12.3 Å². The van der Waals surface area contributed by atoms with Crippen molar-refractivity contribution in [3.05, 3.63) is 35.4 Å². The molecule has 3 nitrogen and oxygen atoms in total. The quantitative estimate of drug-likeness (QED) is 0.841. The smallest absolute Gasteiger partial charge is 0.416 e. The summed E-state index contributed by atoms with van der Waals surface area (Å²) in [6, 6.07) is 4.98. The minimum absolute atomic E-state index is 0.193. The molecular weight excluding hydrogens is 247 g/mol. The van der Waals surface area contributed by atoms with Crippen LogP contribution < -0.4 is 5.32 Å². The molecule has 1 aromatic carbocycles. The lowest BCUT2D eigenvalue weighted by atomic mass is 9.87. The van der Waals surface area contributed by atoms with Gasteiger partial charge in [-0.25, -0.2) is 4.79 Å². The molecule has 98 valence electrons. The maximum absolute atomic E-state index is 12.6. The summed E-state index contributed by atoms with van der Waals surface area (Å²) in [5, 5.41) is 2.56. The van der Waals surface area contributed by atoms with Crippen molar-refractivity contribution in [1.82, 2.24) is 5.32 Å². The third-order valence-corrected chi connectivity index (χ3v) is 3.04. The number of ether oxygens (including phenoxy) is 1. The second kappa shape index (κ2) is 4.19. The maximum atomic E-state index is 12.6. The second-order valence-corrected chi connectivity index (χ2v) is 4.42. The molecule has 1 heterocycles. The Morgan fingerprint density at radius 2 is 2.11 bits per heavy atom. The fourth-order valence-electron chi connectivity index (χ4n) is 1.93. The van der Waals surface area contributed by atoms with E-state index in [0.717, 1.165) is 12.1 Å². The van der Waals surface area contributed by atoms with Gasteiger partial charge < -0.3 is 10.1 Å². The summed E-state index contributed by atoms with van der Waals surface area (Å²) in [5.74, 6) is 0. The van der Waals surface area contributed by atoms with E-state index < -0.39 is 23.4 Å². The SMILES string of the molecule is CC1(c2cccc(C(F)(F)F)c2)CCOC(=O)N1. The average Bonchev–Trinajstić information content (AvgIpc) is 2.28. The molecule has 0 bridgehead atoms. The molecule has 1 aliphatic rings. The van der Waals surface area contributed by atoms with Crippen LogP contribution in [0.25, 0.3) is 0 Å². The van der Waals surface area contributed by atoms with E-state index in [1.165, 1.54) is 6.07 Å². The van der Waals surface area contributed by atoms with Crippen molar-refractivity contribution >= 4 is 6.09 Å². The third-order valence-electron chi connectivity index (χ3n) is 3.04. The lowest BCUT2D eigenvalue weighted by Crippen LogP contribution is -2.48. The van der Waals surface area contributed by atoms with Crippen LogP contribution in [0, 0.1) is 0 Å². The predicted octanol–water partition coefficient (Wildman–Crippen LogP) is 3.05. The Labute approximate surface area is 102 Å². The highest BCUT2D eigenvalue weighted by atomic mass is 19.4. The molecule has 1 aromatic rings. The summed E-state index contributed by atoms with van der Waals surface area (Å²) in [6.07, 6.45) is -4.57. The average molecular weight is 259 g/mol. The lowest BCUT2D eigenvalue weighted by molar-refractivity contribution is -0.137. The number of nitrogens with one attached hydrogen (secondary N) is 1. The van der Waals surface area contributed by atoms with Crippen molar-refractivity contribution in [1.29, 1.82) is 0 Å². The molecule has 0 aromatic heterocycles. The number of halogens is 3. The molecule has 1 unspecified atom stereocenters. The van der Waals surface area contributed by atoms with E-state index >= 15 is 0 Å². The molecular formula is C12H12F3NO2. The first kappa shape index (κ1) is 12.7. The number of alkyl carbamates (subject to hydrolysis) is 1. The van der Waals surface area contributed by atoms with Crippen LogP contribution in [0.15, 0.2) is 24.3 Å². The molecule has 6 heteroatoms. The summed E-state index contributed by atoms with van der Waals surface area (Å²) in [4.78, 5) is 11.2. The highest BCUT2D eigenvalue weighted by Gasteiger charge is 2.36. The Balaban J connectivity index is 2.36. The van der Waals surface area contributed by atoms with E-state index in [-0.39, 0.29) is 6.61 Å². The minimum Gasteiger partial charge on any atom is -0.449 e. The molecule has 1 amide bonds. The van der Waals surface area contributed by atoms with Crippen LogP contribution in [-0.2, 0) is 16.5 Å². The first-order valence-corrected chi connectivity index (χ1v) is 5.44. The highest BCUT2D eigenvalue weighted by molar-refractivity contribution is 5.69. The zero-order valence-corrected chi connectivity index (χ0v) is 9.67. The second-order valence-electron chi connectivity index (χ2n) is 4.42. The predicted molar refractivity (Wildman–Crippen MR) is 57.9 cm³/mol. The number of hydrogen-bond donors (Lipinski definition) is 1. The zero-order valence-electron chi connectivity index (χ0n) is 9.67. The molecule has 1 atom stereocenters. The van der Waals surface area contributed by atoms with Gasteiger partial charge in [-0.3, -0.25) is 0 Å². The normalized spacial score (nSPS) is 24.3. The van der Waals surface area contributed by atoms with Crippen molar-refractivity contribution in [3.63, 3.8) is 0 Å². The van der Waals surface area contributed by atoms with Gasteiger partial charge in [0.05, 0.1) is 17.7 Å². The fraction of sp³-hybridized carbons (Fsp3) is 0.417. The number of rotatable bonds is 1. The number of cyclic esters (lactones) is 1. The van der Waals surface area contributed by atoms with E-state index in [2.05, 4.69) is 5.32 Å². The van der Waals surface area contributed by atoms with Crippen molar-refractivity contribution in [2.75, 3.05) is 6.61 Å². The third kappa shape index (κ3) is 2.42. The Morgan fingerprint density at radius 3 is 2.72 bits per heavy atom. The van der Waals surface area contributed by atoms with E-state index in [1.54, 1.807) is 13.0 Å². The summed E-state index contributed by atoms with van der Waals surface area (Å²) in [7, 11) is 0. The highest BCUT2D eigenvalue weighted by Crippen LogP contribution is 2.34. The maximum Gasteiger partial charge on any atom is 0.416 e. The van der Waals surface area contributed by atoms with Crippen molar-refractivity contribution in [3.8, 4) is 0 Å². The molecule has 1 saturated heterocycles. The first-order chi connectivity index (χ1) is 8.31. The molecule has 1 N–H and O–H groups in total. The molecule has 18 heavy (non-hydrogen) atoms. The standard InChI is InChI=1S/C12H12F3NO2/c1-11(5-6-18-10(17)16-11)8-3-2-4-9(7-8)12(13,14)15/h2-4,7H,5-6H2,1H3,(H,16,17). The number of hydrogen-bond acceptors (Lipinski definition) is 2. The van der Waals surface area contributed by atoms with Gasteiger partial charge in [-0.05, 0) is 24.6 Å². The fourth-order valence-corrected chi connectivity index (χ4v) is 1.93. The van der Waals surface area contributed by atoms with Crippen molar-refractivity contribution < 1.29 is 22.7 Å². The number of amides is 1. The van der Waals surface area contributed by atoms with Gasteiger partial charge in [-0.15, -0.1) is 0 Å². The monoisotopic (exact) mass is 259 g/mol. The van der Waals surface area contributed by atoms with Crippen LogP contribution in [0.4, 0.5) is 18.0 Å². The van der Waals surface area contributed by atoms with Gasteiger partial charge in [0.2, 0.25) is 0 Å².